The lowest BCUT2D eigenvalue weighted by atomic mass is 9.68. The predicted molar refractivity (Wildman–Crippen MR) is 154 cm³/mol. The molecule has 1 fully saturated rings. The molecule has 4 aromatic rings. The number of hydrogen-bond donors (Lipinski definition) is 2. The number of allylic oxidation sites excluding steroid dienone is 1. The summed E-state index contributed by atoms with van der Waals surface area (Å²) in [6.07, 6.45) is 9.13. The largest absolute Gasteiger partial charge is 0.508 e. The Morgan fingerprint density at radius 2 is 1.85 bits per heavy atom. The van der Waals surface area contributed by atoms with Gasteiger partial charge in [-0.3, -0.25) is 4.79 Å². The third-order valence-electron chi connectivity index (χ3n) is 8.86. The van der Waals surface area contributed by atoms with Crippen LogP contribution in [0.15, 0.2) is 90.6 Å². The summed E-state index contributed by atoms with van der Waals surface area (Å²) in [5.74, 6) is 0.416. The van der Waals surface area contributed by atoms with Crippen molar-refractivity contribution >= 4 is 12.0 Å². The first-order valence-electron chi connectivity index (χ1n) is 14.1. The molecule has 1 saturated carbocycles. The number of phenolic OH excluding ortho intramolecular Hbond substituents is 1. The van der Waals surface area contributed by atoms with Crippen molar-refractivity contribution in [2.75, 3.05) is 0 Å². The SMILES string of the molecule is CC12Cc3cnn(-c4ccc(F)cc4)c3C=C1CCC2CC(NC(=O)CCc1ccc(O)cc1)c1ccccc1. The van der Waals surface area contributed by atoms with E-state index >= 15 is 0 Å². The standard InChI is InChI=1S/C34H34FN3O2/c1-34-21-25-22-36-38(29-14-12-28(35)13-15-29)32(25)20-27(34)11-10-26(34)19-31(24-5-3-2-4-6-24)37-33(40)18-9-23-7-16-30(39)17-8-23/h2-8,12-17,20,22,26,31,39H,9-11,18-19,21H2,1H3,(H,37,40). The quantitative estimate of drug-likeness (QED) is 0.257. The Hall–Kier alpha value is -4.19. The number of amides is 1. The summed E-state index contributed by atoms with van der Waals surface area (Å²) in [6, 6.07) is 23.7. The van der Waals surface area contributed by atoms with Gasteiger partial charge in [0.15, 0.2) is 0 Å². The molecule has 5 nitrogen and oxygen atoms in total. The summed E-state index contributed by atoms with van der Waals surface area (Å²) < 4.78 is 15.4. The number of carbonyl (C=O) groups excluding carboxylic acids is 1. The number of halogens is 1. The average Bonchev–Trinajstić information content (AvgIpc) is 3.51. The number of fused-ring (bicyclic) bond motifs is 2. The van der Waals surface area contributed by atoms with Crippen LogP contribution in [0.25, 0.3) is 11.8 Å². The molecule has 2 aliphatic carbocycles. The molecular formula is C34H34FN3O2. The molecule has 1 amide bonds. The third kappa shape index (κ3) is 5.18. The summed E-state index contributed by atoms with van der Waals surface area (Å²) in [5, 5.41) is 17.5. The van der Waals surface area contributed by atoms with Crippen molar-refractivity contribution in [1.82, 2.24) is 15.1 Å². The highest BCUT2D eigenvalue weighted by Crippen LogP contribution is 2.55. The van der Waals surface area contributed by atoms with Crippen LogP contribution in [0, 0.1) is 17.2 Å². The fourth-order valence-electron chi connectivity index (χ4n) is 6.53. The first-order chi connectivity index (χ1) is 19.4. The van der Waals surface area contributed by atoms with Crippen LogP contribution in [0.4, 0.5) is 4.39 Å². The maximum Gasteiger partial charge on any atom is 0.220 e. The van der Waals surface area contributed by atoms with Gasteiger partial charge in [0.25, 0.3) is 0 Å². The van der Waals surface area contributed by atoms with Gasteiger partial charge in [-0.1, -0.05) is 55.0 Å². The number of rotatable bonds is 8. The van der Waals surface area contributed by atoms with E-state index in [2.05, 4.69) is 35.5 Å². The Morgan fingerprint density at radius 3 is 2.60 bits per heavy atom. The summed E-state index contributed by atoms with van der Waals surface area (Å²) in [6.45, 7) is 2.36. The van der Waals surface area contributed by atoms with Gasteiger partial charge in [0.2, 0.25) is 5.91 Å². The molecule has 0 saturated heterocycles. The second-order valence-electron chi connectivity index (χ2n) is 11.4. The normalized spacial score (nSPS) is 20.4. The van der Waals surface area contributed by atoms with Crippen LogP contribution in [-0.4, -0.2) is 20.8 Å². The second kappa shape index (κ2) is 10.8. The van der Waals surface area contributed by atoms with Crippen molar-refractivity contribution in [3.63, 3.8) is 0 Å². The fraction of sp³-hybridized carbons (Fsp3) is 0.294. The van der Waals surface area contributed by atoms with Crippen molar-refractivity contribution in [1.29, 1.82) is 0 Å². The first kappa shape index (κ1) is 26.1. The molecule has 0 spiro atoms. The number of aryl methyl sites for hydroxylation is 1. The average molecular weight is 536 g/mol. The Kier molecular flexibility index (Phi) is 7.01. The highest BCUT2D eigenvalue weighted by atomic mass is 19.1. The summed E-state index contributed by atoms with van der Waals surface area (Å²) in [4.78, 5) is 13.1. The van der Waals surface area contributed by atoms with Crippen LogP contribution in [0.2, 0.25) is 0 Å². The van der Waals surface area contributed by atoms with E-state index in [1.54, 1.807) is 24.3 Å². The Balaban J connectivity index is 1.20. The maximum absolute atomic E-state index is 13.5. The van der Waals surface area contributed by atoms with E-state index in [0.717, 1.165) is 48.2 Å². The number of aromatic nitrogens is 2. The zero-order valence-corrected chi connectivity index (χ0v) is 22.7. The number of phenols is 1. The van der Waals surface area contributed by atoms with E-state index in [4.69, 9.17) is 0 Å². The van der Waals surface area contributed by atoms with Crippen LogP contribution in [-0.2, 0) is 17.6 Å². The van der Waals surface area contributed by atoms with Gasteiger partial charge >= 0.3 is 0 Å². The Morgan fingerprint density at radius 1 is 1.10 bits per heavy atom. The molecule has 1 heterocycles. The van der Waals surface area contributed by atoms with Crippen molar-refractivity contribution in [2.45, 2.75) is 51.5 Å². The van der Waals surface area contributed by atoms with E-state index in [1.165, 1.54) is 23.3 Å². The monoisotopic (exact) mass is 535 g/mol. The lowest BCUT2D eigenvalue weighted by Gasteiger charge is -2.37. The number of carbonyl (C=O) groups is 1. The number of benzene rings is 3. The molecule has 40 heavy (non-hydrogen) atoms. The Bertz CT molecular complexity index is 1530. The van der Waals surface area contributed by atoms with Crippen molar-refractivity contribution in [3.05, 3.63) is 119 Å². The minimum Gasteiger partial charge on any atom is -0.508 e. The van der Waals surface area contributed by atoms with Crippen LogP contribution in [0.3, 0.4) is 0 Å². The van der Waals surface area contributed by atoms with E-state index in [0.29, 0.717) is 18.8 Å². The van der Waals surface area contributed by atoms with Gasteiger partial charge in [0.1, 0.15) is 11.6 Å². The molecule has 3 atom stereocenters. The molecule has 3 aromatic carbocycles. The molecular weight excluding hydrogens is 501 g/mol. The van der Waals surface area contributed by atoms with Gasteiger partial charge in [-0.2, -0.15) is 5.10 Å². The first-order valence-corrected chi connectivity index (χ1v) is 14.1. The number of nitrogens with zero attached hydrogens (tertiary/aromatic N) is 2. The van der Waals surface area contributed by atoms with Crippen molar-refractivity contribution in [2.24, 2.45) is 11.3 Å². The van der Waals surface area contributed by atoms with Crippen molar-refractivity contribution < 1.29 is 14.3 Å². The minimum absolute atomic E-state index is 0.00649. The smallest absolute Gasteiger partial charge is 0.220 e. The summed E-state index contributed by atoms with van der Waals surface area (Å²) >= 11 is 0. The fourth-order valence-corrected chi connectivity index (χ4v) is 6.53. The summed E-state index contributed by atoms with van der Waals surface area (Å²) in [7, 11) is 0. The number of aromatic hydroxyl groups is 1. The molecule has 0 radical (unpaired) electrons. The molecule has 0 bridgehead atoms. The molecule has 3 unspecified atom stereocenters. The van der Waals surface area contributed by atoms with Gasteiger partial charge in [-0.15, -0.1) is 0 Å². The Labute approximate surface area is 234 Å². The highest BCUT2D eigenvalue weighted by Gasteiger charge is 2.46. The van der Waals surface area contributed by atoms with Gasteiger partial charge < -0.3 is 10.4 Å². The van der Waals surface area contributed by atoms with E-state index < -0.39 is 0 Å². The van der Waals surface area contributed by atoms with E-state index in [-0.39, 0.29) is 28.9 Å². The zero-order chi connectivity index (χ0) is 27.7. The van der Waals surface area contributed by atoms with Gasteiger partial charge in [-0.25, -0.2) is 9.07 Å². The molecule has 6 rings (SSSR count). The van der Waals surface area contributed by atoms with Gasteiger partial charge in [0, 0.05) is 6.42 Å². The summed E-state index contributed by atoms with van der Waals surface area (Å²) in [5.41, 5.74) is 6.73. The predicted octanol–water partition coefficient (Wildman–Crippen LogP) is 6.95. The van der Waals surface area contributed by atoms with E-state index in [1.807, 2.05) is 41.2 Å². The molecule has 6 heteroatoms. The van der Waals surface area contributed by atoms with Crippen LogP contribution < -0.4 is 5.32 Å². The van der Waals surface area contributed by atoms with Crippen molar-refractivity contribution in [3.8, 4) is 11.4 Å². The van der Waals surface area contributed by atoms with Crippen LogP contribution >= 0.6 is 0 Å². The minimum atomic E-state index is -0.255. The van der Waals surface area contributed by atoms with Gasteiger partial charge in [-0.05, 0) is 103 Å². The van der Waals surface area contributed by atoms with E-state index in [9.17, 15) is 14.3 Å². The van der Waals surface area contributed by atoms with Crippen LogP contribution in [0.1, 0.15) is 61.0 Å². The zero-order valence-electron chi connectivity index (χ0n) is 22.7. The number of nitrogens with one attached hydrogen (secondary N) is 1. The lowest BCUT2D eigenvalue weighted by Crippen LogP contribution is -2.35. The molecule has 204 valence electrons. The topological polar surface area (TPSA) is 67.2 Å². The van der Waals surface area contributed by atoms with Gasteiger partial charge in [0.05, 0.1) is 23.6 Å². The third-order valence-corrected chi connectivity index (χ3v) is 8.86. The molecule has 2 aliphatic rings. The second-order valence-corrected chi connectivity index (χ2v) is 11.4. The number of hydrogen-bond acceptors (Lipinski definition) is 3. The molecule has 2 N–H and O–H groups in total. The lowest BCUT2D eigenvalue weighted by molar-refractivity contribution is -0.122. The molecule has 0 aliphatic heterocycles. The maximum atomic E-state index is 13.5. The molecule has 1 aromatic heterocycles. The highest BCUT2D eigenvalue weighted by molar-refractivity contribution is 5.76. The van der Waals surface area contributed by atoms with Crippen LogP contribution in [0.5, 0.6) is 5.75 Å².